The fourth-order valence-electron chi connectivity index (χ4n) is 1.98. The topological polar surface area (TPSA) is 49.4 Å². The smallest absolute Gasteiger partial charge is 0.243 e. The van der Waals surface area contributed by atoms with Crippen molar-refractivity contribution in [2.24, 2.45) is 0 Å². The van der Waals surface area contributed by atoms with Gasteiger partial charge in [0, 0.05) is 12.7 Å². The molecule has 0 aromatic heterocycles. The number of anilines is 1. The normalized spacial score (nSPS) is 10.2. The van der Waals surface area contributed by atoms with Crippen molar-refractivity contribution in [2.75, 3.05) is 18.9 Å². The van der Waals surface area contributed by atoms with E-state index in [0.29, 0.717) is 11.3 Å². The largest absolute Gasteiger partial charge is 0.336 e. The average molecular weight is 318 g/mol. The van der Waals surface area contributed by atoms with E-state index in [-0.39, 0.29) is 24.7 Å². The number of amides is 2. The molecule has 2 aromatic rings. The van der Waals surface area contributed by atoms with Gasteiger partial charge >= 0.3 is 0 Å². The summed E-state index contributed by atoms with van der Waals surface area (Å²) in [4.78, 5) is 25.2. The fraction of sp³-hybridized carbons (Fsp3) is 0.176. The number of hydrogen-bond donors (Lipinski definition) is 1. The number of likely N-dealkylation sites (N-methyl/N-ethyl adjacent to an activating group) is 1. The molecule has 0 atom stereocenters. The second-order valence-electron chi connectivity index (χ2n) is 5.11. The number of carbonyl (C=O) groups is 2. The van der Waals surface area contributed by atoms with Crippen molar-refractivity contribution in [1.29, 1.82) is 0 Å². The van der Waals surface area contributed by atoms with E-state index in [1.54, 1.807) is 6.07 Å². The van der Waals surface area contributed by atoms with Gasteiger partial charge in [0.2, 0.25) is 11.8 Å². The molecular weight excluding hydrogens is 302 g/mol. The Hall–Kier alpha value is -2.76. The summed E-state index contributed by atoms with van der Waals surface area (Å²) in [7, 11) is 1.50. The van der Waals surface area contributed by atoms with E-state index in [2.05, 4.69) is 5.32 Å². The predicted molar refractivity (Wildman–Crippen MR) is 82.8 cm³/mol. The van der Waals surface area contributed by atoms with E-state index < -0.39 is 11.7 Å². The summed E-state index contributed by atoms with van der Waals surface area (Å²) in [5.41, 5.74) is 0.989. The Bertz CT molecular complexity index is 702. The van der Waals surface area contributed by atoms with Crippen LogP contribution in [-0.2, 0) is 16.0 Å². The number of carbonyl (C=O) groups excluding carboxylic acids is 2. The van der Waals surface area contributed by atoms with E-state index in [1.807, 2.05) is 0 Å². The van der Waals surface area contributed by atoms with Gasteiger partial charge in [0.25, 0.3) is 0 Å². The molecule has 1 N–H and O–H groups in total. The van der Waals surface area contributed by atoms with Crippen LogP contribution >= 0.6 is 0 Å². The zero-order chi connectivity index (χ0) is 16.8. The average Bonchev–Trinajstić information content (AvgIpc) is 2.49. The molecule has 0 saturated carbocycles. The van der Waals surface area contributed by atoms with Crippen LogP contribution in [0.25, 0.3) is 0 Å². The number of nitrogens with one attached hydrogen (secondary N) is 1. The lowest BCUT2D eigenvalue weighted by Crippen LogP contribution is -2.35. The van der Waals surface area contributed by atoms with Crippen LogP contribution in [0, 0.1) is 11.6 Å². The molecule has 2 amide bonds. The molecule has 0 aliphatic carbocycles. The van der Waals surface area contributed by atoms with Gasteiger partial charge in [-0.3, -0.25) is 9.59 Å². The number of benzene rings is 2. The second-order valence-corrected chi connectivity index (χ2v) is 5.11. The molecule has 0 aliphatic heterocycles. The molecule has 0 fully saturated rings. The second kappa shape index (κ2) is 7.49. The number of rotatable bonds is 5. The zero-order valence-electron chi connectivity index (χ0n) is 12.6. The van der Waals surface area contributed by atoms with Gasteiger partial charge in [-0.2, -0.15) is 0 Å². The summed E-state index contributed by atoms with van der Waals surface area (Å²) in [6.07, 6.45) is 0.0734. The molecule has 4 nitrogen and oxygen atoms in total. The van der Waals surface area contributed by atoms with Crippen LogP contribution in [-0.4, -0.2) is 30.3 Å². The SMILES string of the molecule is CN(CC(=O)Nc1cccc(F)c1)C(=O)Cc1ccc(F)cc1. The number of halogens is 2. The van der Waals surface area contributed by atoms with Crippen molar-refractivity contribution in [1.82, 2.24) is 4.90 Å². The van der Waals surface area contributed by atoms with Gasteiger partial charge in [-0.15, -0.1) is 0 Å². The first-order valence-corrected chi connectivity index (χ1v) is 6.98. The monoisotopic (exact) mass is 318 g/mol. The van der Waals surface area contributed by atoms with Crippen LogP contribution in [0.1, 0.15) is 5.56 Å². The Labute approximate surface area is 132 Å². The summed E-state index contributed by atoms with van der Waals surface area (Å²) >= 11 is 0. The van der Waals surface area contributed by atoms with Crippen LogP contribution in [0.5, 0.6) is 0 Å². The maximum Gasteiger partial charge on any atom is 0.243 e. The molecule has 0 saturated heterocycles. The van der Waals surface area contributed by atoms with Gasteiger partial charge in [-0.25, -0.2) is 8.78 Å². The summed E-state index contributed by atoms with van der Waals surface area (Å²) in [5.74, 6) is -1.52. The molecule has 0 spiro atoms. The highest BCUT2D eigenvalue weighted by molar-refractivity contribution is 5.94. The van der Waals surface area contributed by atoms with Crippen LogP contribution in [0.2, 0.25) is 0 Å². The Balaban J connectivity index is 1.87. The fourth-order valence-corrected chi connectivity index (χ4v) is 1.98. The Morgan fingerprint density at radius 3 is 2.39 bits per heavy atom. The molecule has 120 valence electrons. The van der Waals surface area contributed by atoms with E-state index in [4.69, 9.17) is 0 Å². The number of nitrogens with zero attached hydrogens (tertiary/aromatic N) is 1. The third-order valence-electron chi connectivity index (χ3n) is 3.18. The van der Waals surface area contributed by atoms with Crippen molar-refractivity contribution in [3.8, 4) is 0 Å². The van der Waals surface area contributed by atoms with Crippen molar-refractivity contribution in [2.45, 2.75) is 6.42 Å². The first-order chi connectivity index (χ1) is 10.9. The number of hydrogen-bond acceptors (Lipinski definition) is 2. The molecule has 0 radical (unpaired) electrons. The minimum absolute atomic E-state index is 0.0734. The summed E-state index contributed by atoms with van der Waals surface area (Å²) in [6.45, 7) is -0.156. The molecule has 6 heteroatoms. The Morgan fingerprint density at radius 2 is 1.74 bits per heavy atom. The van der Waals surface area contributed by atoms with Crippen LogP contribution in [0.15, 0.2) is 48.5 Å². The summed E-state index contributed by atoms with van der Waals surface area (Å²) < 4.78 is 25.9. The highest BCUT2D eigenvalue weighted by Crippen LogP contribution is 2.09. The van der Waals surface area contributed by atoms with Crippen molar-refractivity contribution in [3.63, 3.8) is 0 Å². The zero-order valence-corrected chi connectivity index (χ0v) is 12.6. The lowest BCUT2D eigenvalue weighted by molar-refractivity contribution is -0.132. The lowest BCUT2D eigenvalue weighted by Gasteiger charge is -2.17. The summed E-state index contributed by atoms with van der Waals surface area (Å²) in [5, 5.41) is 2.52. The van der Waals surface area contributed by atoms with Gasteiger partial charge in [0.1, 0.15) is 11.6 Å². The lowest BCUT2D eigenvalue weighted by atomic mass is 10.1. The molecule has 0 heterocycles. The first-order valence-electron chi connectivity index (χ1n) is 6.98. The minimum atomic E-state index is -0.455. The molecule has 2 rings (SSSR count). The van der Waals surface area contributed by atoms with Gasteiger partial charge < -0.3 is 10.2 Å². The first kappa shape index (κ1) is 16.6. The molecule has 2 aromatic carbocycles. The Kier molecular flexibility index (Phi) is 5.41. The Morgan fingerprint density at radius 1 is 1.04 bits per heavy atom. The van der Waals surface area contributed by atoms with Gasteiger partial charge in [0.05, 0.1) is 13.0 Å². The molecule has 0 bridgehead atoms. The maximum absolute atomic E-state index is 13.0. The molecule has 23 heavy (non-hydrogen) atoms. The quantitative estimate of drug-likeness (QED) is 0.921. The molecular formula is C17H16F2N2O2. The molecule has 0 unspecified atom stereocenters. The van der Waals surface area contributed by atoms with Gasteiger partial charge in [0.15, 0.2) is 0 Å². The third-order valence-corrected chi connectivity index (χ3v) is 3.18. The van der Waals surface area contributed by atoms with Crippen molar-refractivity contribution < 1.29 is 18.4 Å². The van der Waals surface area contributed by atoms with Crippen molar-refractivity contribution >= 4 is 17.5 Å². The van der Waals surface area contributed by atoms with E-state index in [0.717, 1.165) is 0 Å². The van der Waals surface area contributed by atoms with Crippen LogP contribution < -0.4 is 5.32 Å². The van der Waals surface area contributed by atoms with E-state index in [1.165, 1.54) is 54.4 Å². The van der Waals surface area contributed by atoms with E-state index in [9.17, 15) is 18.4 Å². The highest BCUT2D eigenvalue weighted by atomic mass is 19.1. The van der Waals surface area contributed by atoms with Gasteiger partial charge in [-0.05, 0) is 35.9 Å². The van der Waals surface area contributed by atoms with Crippen LogP contribution in [0.3, 0.4) is 0 Å². The standard InChI is InChI=1S/C17H16F2N2O2/c1-21(17(23)9-12-5-7-13(18)8-6-12)11-16(22)20-15-4-2-3-14(19)10-15/h2-8,10H,9,11H2,1H3,(H,20,22). The third kappa shape index (κ3) is 5.18. The highest BCUT2D eigenvalue weighted by Gasteiger charge is 2.14. The molecule has 0 aliphatic rings. The van der Waals surface area contributed by atoms with Gasteiger partial charge in [-0.1, -0.05) is 18.2 Å². The van der Waals surface area contributed by atoms with E-state index >= 15 is 0 Å². The van der Waals surface area contributed by atoms with Crippen LogP contribution in [0.4, 0.5) is 14.5 Å². The summed E-state index contributed by atoms with van der Waals surface area (Å²) in [6, 6.07) is 11.1. The minimum Gasteiger partial charge on any atom is -0.336 e. The maximum atomic E-state index is 13.0. The van der Waals surface area contributed by atoms with Crippen molar-refractivity contribution in [3.05, 3.63) is 65.7 Å². The predicted octanol–water partition coefficient (Wildman–Crippen LogP) is 2.60.